The van der Waals surface area contributed by atoms with Crippen LogP contribution in [0.1, 0.15) is 63.4 Å². The van der Waals surface area contributed by atoms with Crippen LogP contribution in [0.15, 0.2) is 16.8 Å². The van der Waals surface area contributed by atoms with E-state index in [0.717, 1.165) is 38.5 Å². The molecule has 0 aromatic carbocycles. The van der Waals surface area contributed by atoms with Crippen molar-refractivity contribution in [2.45, 2.75) is 69.2 Å². The van der Waals surface area contributed by atoms with Crippen LogP contribution in [-0.2, 0) is 15.0 Å². The Bertz CT molecular complexity index is 529. The maximum Gasteiger partial charge on any atom is 0.309 e. The standard InChI is InChI=1S/C18H26N2O2S/c21-16(17(22)20-15-6-2-1-3-7-15)19-13-18(9-4-5-10-18)14-8-11-23-12-14/h8,11-12,15H,1-7,9-10,13H2,(H,19,21)(H,20,22). The highest BCUT2D eigenvalue weighted by Gasteiger charge is 2.36. The number of nitrogens with one attached hydrogen (secondary N) is 2. The summed E-state index contributed by atoms with van der Waals surface area (Å²) in [5, 5.41) is 10.1. The molecule has 1 heterocycles. The van der Waals surface area contributed by atoms with Gasteiger partial charge in [-0.25, -0.2) is 0 Å². The number of thiophene rings is 1. The third-order valence-corrected chi connectivity index (χ3v) is 6.11. The largest absolute Gasteiger partial charge is 0.347 e. The number of hydrogen-bond acceptors (Lipinski definition) is 3. The Balaban J connectivity index is 1.53. The molecule has 2 saturated carbocycles. The zero-order valence-electron chi connectivity index (χ0n) is 13.6. The minimum absolute atomic E-state index is 0.0286. The lowest BCUT2D eigenvalue weighted by Crippen LogP contribution is -2.48. The molecule has 2 fully saturated rings. The lowest BCUT2D eigenvalue weighted by Gasteiger charge is -2.29. The first-order chi connectivity index (χ1) is 11.2. The van der Waals surface area contributed by atoms with Gasteiger partial charge in [0, 0.05) is 18.0 Å². The van der Waals surface area contributed by atoms with Crippen molar-refractivity contribution >= 4 is 23.2 Å². The van der Waals surface area contributed by atoms with Crippen molar-refractivity contribution in [2.24, 2.45) is 0 Å². The number of carbonyl (C=O) groups is 2. The summed E-state index contributed by atoms with van der Waals surface area (Å²) < 4.78 is 0. The molecule has 2 aliphatic carbocycles. The Morgan fingerprint density at radius 1 is 1.09 bits per heavy atom. The first kappa shape index (κ1) is 16.5. The second kappa shape index (κ2) is 7.47. The molecule has 2 N–H and O–H groups in total. The van der Waals surface area contributed by atoms with E-state index < -0.39 is 11.8 Å². The average molecular weight is 334 g/mol. The van der Waals surface area contributed by atoms with Crippen LogP contribution in [0, 0.1) is 0 Å². The molecule has 23 heavy (non-hydrogen) atoms. The van der Waals surface area contributed by atoms with Crippen molar-refractivity contribution < 1.29 is 9.59 Å². The molecule has 0 bridgehead atoms. The fourth-order valence-corrected chi connectivity index (χ4v) is 4.79. The monoisotopic (exact) mass is 334 g/mol. The number of rotatable bonds is 4. The van der Waals surface area contributed by atoms with Gasteiger partial charge in [0.1, 0.15) is 0 Å². The molecule has 1 aromatic heterocycles. The van der Waals surface area contributed by atoms with E-state index in [9.17, 15) is 9.59 Å². The second-order valence-electron chi connectivity index (χ2n) is 6.99. The van der Waals surface area contributed by atoms with Crippen molar-refractivity contribution in [2.75, 3.05) is 6.54 Å². The van der Waals surface area contributed by atoms with Crippen LogP contribution >= 0.6 is 11.3 Å². The van der Waals surface area contributed by atoms with Gasteiger partial charge in [-0.2, -0.15) is 11.3 Å². The van der Waals surface area contributed by atoms with Gasteiger partial charge >= 0.3 is 11.8 Å². The van der Waals surface area contributed by atoms with Gasteiger partial charge in [0.05, 0.1) is 0 Å². The summed E-state index contributed by atoms with van der Waals surface area (Å²) in [6, 6.07) is 2.34. The summed E-state index contributed by atoms with van der Waals surface area (Å²) in [7, 11) is 0. The highest BCUT2D eigenvalue weighted by Crippen LogP contribution is 2.41. The first-order valence-corrected chi connectivity index (χ1v) is 9.75. The van der Waals surface area contributed by atoms with Gasteiger partial charge in [-0.05, 0) is 48.1 Å². The van der Waals surface area contributed by atoms with E-state index in [1.807, 2.05) is 0 Å². The predicted octanol–water partition coefficient (Wildman–Crippen LogP) is 3.13. The first-order valence-electron chi connectivity index (χ1n) is 8.81. The number of carbonyl (C=O) groups excluding carboxylic acids is 2. The van der Waals surface area contributed by atoms with Gasteiger partial charge in [-0.15, -0.1) is 0 Å². The van der Waals surface area contributed by atoms with Crippen molar-refractivity contribution in [1.29, 1.82) is 0 Å². The normalized spacial score (nSPS) is 21.0. The van der Waals surface area contributed by atoms with Crippen LogP contribution in [0.5, 0.6) is 0 Å². The SMILES string of the molecule is O=C(NCC1(c2ccsc2)CCCC1)C(=O)NC1CCCCC1. The average Bonchev–Trinajstić information content (AvgIpc) is 3.25. The molecule has 0 spiro atoms. The molecule has 2 aliphatic rings. The van der Waals surface area contributed by atoms with E-state index in [2.05, 4.69) is 27.5 Å². The van der Waals surface area contributed by atoms with E-state index in [1.165, 1.54) is 24.8 Å². The van der Waals surface area contributed by atoms with E-state index in [0.29, 0.717) is 6.54 Å². The summed E-state index contributed by atoms with van der Waals surface area (Å²) in [6.45, 7) is 0.570. The van der Waals surface area contributed by atoms with Crippen molar-refractivity contribution in [3.63, 3.8) is 0 Å². The van der Waals surface area contributed by atoms with Gasteiger partial charge in [0.2, 0.25) is 0 Å². The molecule has 2 amide bonds. The molecule has 3 rings (SSSR count). The molecule has 0 saturated heterocycles. The Hall–Kier alpha value is -1.36. The van der Waals surface area contributed by atoms with Gasteiger partial charge in [0.15, 0.2) is 0 Å². The fourth-order valence-electron chi connectivity index (χ4n) is 4.01. The zero-order valence-corrected chi connectivity index (χ0v) is 14.4. The van der Waals surface area contributed by atoms with Crippen LogP contribution in [0.4, 0.5) is 0 Å². The maximum atomic E-state index is 12.2. The molecule has 0 unspecified atom stereocenters. The molecule has 5 heteroatoms. The van der Waals surface area contributed by atoms with E-state index in [4.69, 9.17) is 0 Å². The minimum Gasteiger partial charge on any atom is -0.347 e. The topological polar surface area (TPSA) is 58.2 Å². The van der Waals surface area contributed by atoms with Crippen molar-refractivity contribution in [1.82, 2.24) is 10.6 Å². The van der Waals surface area contributed by atoms with E-state index in [-0.39, 0.29) is 11.5 Å². The Labute approximate surface area is 142 Å². The summed E-state index contributed by atoms with van der Waals surface area (Å²) >= 11 is 1.70. The van der Waals surface area contributed by atoms with Crippen LogP contribution in [0.3, 0.4) is 0 Å². The van der Waals surface area contributed by atoms with Crippen molar-refractivity contribution in [3.05, 3.63) is 22.4 Å². The van der Waals surface area contributed by atoms with Crippen molar-refractivity contribution in [3.8, 4) is 0 Å². The summed E-state index contributed by atoms with van der Waals surface area (Å²) in [5.41, 5.74) is 1.34. The van der Waals surface area contributed by atoms with Gasteiger partial charge < -0.3 is 10.6 Å². The fraction of sp³-hybridized carbons (Fsp3) is 0.667. The van der Waals surface area contributed by atoms with Crippen LogP contribution in [-0.4, -0.2) is 24.4 Å². The molecule has 4 nitrogen and oxygen atoms in total. The third-order valence-electron chi connectivity index (χ3n) is 5.43. The van der Waals surface area contributed by atoms with Crippen LogP contribution < -0.4 is 10.6 Å². The second-order valence-corrected chi connectivity index (χ2v) is 7.77. The smallest absolute Gasteiger partial charge is 0.309 e. The van der Waals surface area contributed by atoms with Gasteiger partial charge in [0.25, 0.3) is 0 Å². The maximum absolute atomic E-state index is 12.2. The number of hydrogen-bond donors (Lipinski definition) is 2. The Kier molecular flexibility index (Phi) is 5.36. The Morgan fingerprint density at radius 3 is 2.48 bits per heavy atom. The highest BCUT2D eigenvalue weighted by molar-refractivity contribution is 7.08. The quantitative estimate of drug-likeness (QED) is 0.831. The van der Waals surface area contributed by atoms with E-state index >= 15 is 0 Å². The zero-order chi connectivity index (χ0) is 16.1. The lowest BCUT2D eigenvalue weighted by molar-refractivity contribution is -0.139. The highest BCUT2D eigenvalue weighted by atomic mass is 32.1. The van der Waals surface area contributed by atoms with Gasteiger partial charge in [-0.1, -0.05) is 32.1 Å². The molecular formula is C18H26N2O2S. The van der Waals surface area contributed by atoms with Gasteiger partial charge in [-0.3, -0.25) is 9.59 Å². The molecule has 0 radical (unpaired) electrons. The minimum atomic E-state index is -0.475. The summed E-state index contributed by atoms with van der Waals surface area (Å²) in [6.07, 6.45) is 10.1. The predicted molar refractivity (Wildman–Crippen MR) is 92.5 cm³/mol. The van der Waals surface area contributed by atoms with Crippen LogP contribution in [0.25, 0.3) is 0 Å². The van der Waals surface area contributed by atoms with E-state index in [1.54, 1.807) is 11.3 Å². The molecule has 0 aliphatic heterocycles. The van der Waals surface area contributed by atoms with Crippen LogP contribution in [0.2, 0.25) is 0 Å². The Morgan fingerprint density at radius 2 is 1.83 bits per heavy atom. The molecular weight excluding hydrogens is 308 g/mol. The lowest BCUT2D eigenvalue weighted by atomic mass is 9.80. The molecule has 126 valence electrons. The summed E-state index contributed by atoms with van der Waals surface area (Å²) in [5.74, 6) is -0.938. The molecule has 1 aromatic rings. The third kappa shape index (κ3) is 3.94. The number of amides is 2. The summed E-state index contributed by atoms with van der Waals surface area (Å²) in [4.78, 5) is 24.3. The molecule has 0 atom stereocenters.